The fraction of sp³-hybridized carbons (Fsp3) is 0.286. The molecule has 3 aromatic carbocycles. The van der Waals surface area contributed by atoms with Crippen LogP contribution in [0.1, 0.15) is 60.7 Å². The van der Waals surface area contributed by atoms with Crippen molar-refractivity contribution in [3.05, 3.63) is 89.0 Å². The molecule has 0 fully saturated rings. The normalized spacial score (nSPS) is 10.7. The molecule has 0 radical (unpaired) electrons. The van der Waals surface area contributed by atoms with E-state index in [1.54, 1.807) is 24.3 Å². The minimum absolute atomic E-state index is 0.298. The summed E-state index contributed by atoms with van der Waals surface area (Å²) in [6.45, 7) is 6.46. The number of unbranched alkanes of at least 4 members (excludes halogenated alkanes) is 1. The van der Waals surface area contributed by atoms with Gasteiger partial charge in [-0.25, -0.2) is 4.79 Å². The third-order valence-corrected chi connectivity index (χ3v) is 5.24. The van der Waals surface area contributed by atoms with Crippen LogP contribution in [-0.4, -0.2) is 5.97 Å². The van der Waals surface area contributed by atoms with Gasteiger partial charge < -0.3 is 4.74 Å². The van der Waals surface area contributed by atoms with E-state index >= 15 is 0 Å². The standard InChI is InChI=1S/C28H29NO2/c1-4-5-6-21-7-10-23(11-8-21)24-12-14-25(15-13-24)28(30)31-27-16-9-22(17-20(2)3)18-26(27)19-29/h7-16,18,20H,4-6,17H2,1-3H3. The number of ether oxygens (including phenoxy) is 1. The van der Waals surface area contributed by atoms with E-state index in [4.69, 9.17) is 4.74 Å². The van der Waals surface area contributed by atoms with E-state index in [2.05, 4.69) is 51.1 Å². The molecule has 0 saturated heterocycles. The summed E-state index contributed by atoms with van der Waals surface area (Å²) in [5, 5.41) is 9.45. The number of hydrogen-bond acceptors (Lipinski definition) is 3. The van der Waals surface area contributed by atoms with Gasteiger partial charge in [-0.1, -0.05) is 69.7 Å². The highest BCUT2D eigenvalue weighted by atomic mass is 16.5. The van der Waals surface area contributed by atoms with Crippen LogP contribution >= 0.6 is 0 Å². The number of aryl methyl sites for hydroxylation is 1. The number of hydrogen-bond donors (Lipinski definition) is 0. The Bertz CT molecular complexity index is 1060. The number of nitrogens with zero attached hydrogens (tertiary/aromatic N) is 1. The second-order valence-corrected chi connectivity index (χ2v) is 8.31. The summed E-state index contributed by atoms with van der Waals surface area (Å²) >= 11 is 0. The Morgan fingerprint density at radius 2 is 1.55 bits per heavy atom. The van der Waals surface area contributed by atoms with Crippen LogP contribution in [0.25, 0.3) is 11.1 Å². The van der Waals surface area contributed by atoms with Crippen molar-refractivity contribution in [3.63, 3.8) is 0 Å². The van der Waals surface area contributed by atoms with E-state index < -0.39 is 5.97 Å². The van der Waals surface area contributed by atoms with Crippen LogP contribution in [0.2, 0.25) is 0 Å². The lowest BCUT2D eigenvalue weighted by Crippen LogP contribution is -2.09. The van der Waals surface area contributed by atoms with Gasteiger partial charge in [0.25, 0.3) is 0 Å². The van der Waals surface area contributed by atoms with E-state index in [-0.39, 0.29) is 0 Å². The number of carbonyl (C=O) groups is 1. The summed E-state index contributed by atoms with van der Waals surface area (Å²) in [7, 11) is 0. The number of carbonyl (C=O) groups excluding carboxylic acids is 1. The quantitative estimate of drug-likeness (QED) is 0.296. The second kappa shape index (κ2) is 10.6. The molecule has 0 spiro atoms. The monoisotopic (exact) mass is 411 g/mol. The highest BCUT2D eigenvalue weighted by Gasteiger charge is 2.13. The molecule has 0 atom stereocenters. The van der Waals surface area contributed by atoms with Crippen LogP contribution in [0.15, 0.2) is 66.7 Å². The van der Waals surface area contributed by atoms with Gasteiger partial charge in [-0.3, -0.25) is 0 Å². The third kappa shape index (κ3) is 6.06. The molecule has 0 amide bonds. The van der Waals surface area contributed by atoms with Crippen LogP contribution in [0, 0.1) is 17.2 Å². The van der Waals surface area contributed by atoms with Crippen molar-refractivity contribution < 1.29 is 9.53 Å². The largest absolute Gasteiger partial charge is 0.422 e. The number of benzene rings is 3. The lowest BCUT2D eigenvalue weighted by Gasteiger charge is -2.10. The van der Waals surface area contributed by atoms with Gasteiger partial charge in [0.15, 0.2) is 0 Å². The Morgan fingerprint density at radius 1 is 0.935 bits per heavy atom. The first kappa shape index (κ1) is 22.3. The van der Waals surface area contributed by atoms with E-state index in [1.807, 2.05) is 18.2 Å². The summed E-state index contributed by atoms with van der Waals surface area (Å²) in [6, 6.07) is 23.5. The van der Waals surface area contributed by atoms with Crippen LogP contribution < -0.4 is 4.74 Å². The lowest BCUT2D eigenvalue weighted by atomic mass is 10.0. The Balaban J connectivity index is 1.70. The average Bonchev–Trinajstić information content (AvgIpc) is 2.78. The van der Waals surface area contributed by atoms with Crippen LogP contribution in [0.4, 0.5) is 0 Å². The van der Waals surface area contributed by atoms with E-state index in [0.29, 0.717) is 22.8 Å². The molecule has 31 heavy (non-hydrogen) atoms. The first-order chi connectivity index (χ1) is 15.0. The molecular formula is C28H29NO2. The number of esters is 1. The maximum atomic E-state index is 12.6. The summed E-state index contributed by atoms with van der Waals surface area (Å²) in [4.78, 5) is 12.6. The summed E-state index contributed by atoms with van der Waals surface area (Å²) in [5.41, 5.74) is 5.42. The fourth-order valence-corrected chi connectivity index (χ4v) is 3.55. The molecule has 0 heterocycles. The van der Waals surface area contributed by atoms with Gasteiger partial charge in [-0.15, -0.1) is 0 Å². The smallest absolute Gasteiger partial charge is 0.343 e. The molecule has 0 saturated carbocycles. The molecule has 3 nitrogen and oxygen atoms in total. The minimum Gasteiger partial charge on any atom is -0.422 e. The molecule has 0 bridgehead atoms. The second-order valence-electron chi connectivity index (χ2n) is 8.31. The zero-order valence-electron chi connectivity index (χ0n) is 18.5. The van der Waals surface area contributed by atoms with Crippen molar-refractivity contribution in [1.29, 1.82) is 5.26 Å². The molecule has 3 rings (SSSR count). The van der Waals surface area contributed by atoms with Crippen LogP contribution in [0.3, 0.4) is 0 Å². The molecule has 158 valence electrons. The van der Waals surface area contributed by atoms with Gasteiger partial charge in [0.1, 0.15) is 11.8 Å². The zero-order chi connectivity index (χ0) is 22.2. The van der Waals surface area contributed by atoms with E-state index in [1.165, 1.54) is 18.4 Å². The van der Waals surface area contributed by atoms with Gasteiger partial charge in [-0.05, 0) is 71.7 Å². The molecule has 0 aromatic heterocycles. The molecule has 3 aromatic rings. The zero-order valence-corrected chi connectivity index (χ0v) is 18.5. The molecule has 0 aliphatic carbocycles. The SMILES string of the molecule is CCCCc1ccc(-c2ccc(C(=O)Oc3ccc(CC(C)C)cc3C#N)cc2)cc1. The molecule has 3 heteroatoms. The predicted octanol–water partition coefficient (Wildman–Crippen LogP) is 6.99. The van der Waals surface area contributed by atoms with Crippen LogP contribution in [0.5, 0.6) is 5.75 Å². The summed E-state index contributed by atoms with van der Waals surface area (Å²) < 4.78 is 5.52. The van der Waals surface area contributed by atoms with Gasteiger partial charge in [-0.2, -0.15) is 5.26 Å². The highest BCUT2D eigenvalue weighted by Crippen LogP contribution is 2.24. The lowest BCUT2D eigenvalue weighted by molar-refractivity contribution is 0.0734. The van der Waals surface area contributed by atoms with Crippen LogP contribution in [-0.2, 0) is 12.8 Å². The number of rotatable bonds is 8. The van der Waals surface area contributed by atoms with E-state index in [9.17, 15) is 10.1 Å². The fourth-order valence-electron chi connectivity index (χ4n) is 3.55. The minimum atomic E-state index is -0.463. The van der Waals surface area contributed by atoms with Gasteiger partial charge in [0.05, 0.1) is 11.1 Å². The highest BCUT2D eigenvalue weighted by molar-refractivity contribution is 5.92. The maximum absolute atomic E-state index is 12.6. The van der Waals surface area contributed by atoms with Crippen molar-refractivity contribution in [2.24, 2.45) is 5.92 Å². The van der Waals surface area contributed by atoms with Crippen molar-refractivity contribution in [2.45, 2.75) is 46.5 Å². The first-order valence-electron chi connectivity index (χ1n) is 10.9. The predicted molar refractivity (Wildman–Crippen MR) is 125 cm³/mol. The Morgan fingerprint density at radius 3 is 2.13 bits per heavy atom. The van der Waals surface area contributed by atoms with Gasteiger partial charge >= 0.3 is 5.97 Å². The third-order valence-electron chi connectivity index (χ3n) is 5.24. The Kier molecular flexibility index (Phi) is 7.62. The van der Waals surface area contributed by atoms with Crippen molar-refractivity contribution in [3.8, 4) is 22.9 Å². The molecule has 0 aliphatic heterocycles. The Labute approximate surface area is 185 Å². The summed E-state index contributed by atoms with van der Waals surface area (Å²) in [5.74, 6) is 0.326. The Hall–Kier alpha value is -3.38. The van der Waals surface area contributed by atoms with E-state index in [0.717, 1.165) is 29.5 Å². The molecule has 0 unspecified atom stereocenters. The molecule has 0 aliphatic rings. The van der Waals surface area contributed by atoms with Crippen molar-refractivity contribution in [1.82, 2.24) is 0 Å². The maximum Gasteiger partial charge on any atom is 0.343 e. The average molecular weight is 412 g/mol. The molecular weight excluding hydrogens is 382 g/mol. The topological polar surface area (TPSA) is 50.1 Å². The number of nitriles is 1. The van der Waals surface area contributed by atoms with Crippen molar-refractivity contribution in [2.75, 3.05) is 0 Å². The summed E-state index contributed by atoms with van der Waals surface area (Å²) in [6.07, 6.45) is 4.37. The van der Waals surface area contributed by atoms with Gasteiger partial charge in [0, 0.05) is 0 Å². The van der Waals surface area contributed by atoms with Crippen molar-refractivity contribution >= 4 is 5.97 Å². The van der Waals surface area contributed by atoms with Gasteiger partial charge in [0.2, 0.25) is 0 Å². The first-order valence-corrected chi connectivity index (χ1v) is 10.9. The molecule has 0 N–H and O–H groups in total.